The van der Waals surface area contributed by atoms with Gasteiger partial charge in [0.05, 0.1) is 6.04 Å². The third-order valence-electron chi connectivity index (χ3n) is 3.64. The van der Waals surface area contributed by atoms with Crippen molar-refractivity contribution in [2.24, 2.45) is 0 Å². The number of ether oxygens (including phenoxy) is 1. The number of nitrogens with zero attached hydrogens (tertiary/aromatic N) is 2. The normalized spacial score (nSPS) is 11.8. The first-order chi connectivity index (χ1) is 12.1. The number of aromatic nitrogens is 2. The molecule has 2 aromatic carbocycles. The molecule has 6 nitrogen and oxygen atoms in total. The summed E-state index contributed by atoms with van der Waals surface area (Å²) in [6.07, 6.45) is -0.529. The van der Waals surface area contributed by atoms with E-state index in [-0.39, 0.29) is 6.61 Å². The number of benzene rings is 2. The molecule has 3 aromatic rings. The second-order valence-corrected chi connectivity index (χ2v) is 5.75. The summed E-state index contributed by atoms with van der Waals surface area (Å²) < 4.78 is 10.5. The molecule has 0 aliphatic heterocycles. The third kappa shape index (κ3) is 4.44. The van der Waals surface area contributed by atoms with Crippen LogP contribution in [-0.4, -0.2) is 16.2 Å². The summed E-state index contributed by atoms with van der Waals surface area (Å²) in [7, 11) is 0. The fourth-order valence-electron chi connectivity index (χ4n) is 2.31. The van der Waals surface area contributed by atoms with E-state index in [1.165, 1.54) is 0 Å². The second kappa shape index (κ2) is 7.61. The minimum absolute atomic E-state index is 0.209. The van der Waals surface area contributed by atoms with E-state index in [9.17, 15) is 4.79 Å². The highest BCUT2D eigenvalue weighted by atomic mass is 16.5. The fraction of sp³-hybridized carbons (Fsp3) is 0.211. The number of carbonyl (C=O) groups is 1. The topological polar surface area (TPSA) is 77.2 Å². The number of nitrogens with one attached hydrogen (secondary N) is 1. The Balaban J connectivity index is 1.58. The molecule has 0 aliphatic carbocycles. The molecule has 25 heavy (non-hydrogen) atoms. The first-order valence-corrected chi connectivity index (χ1v) is 7.99. The van der Waals surface area contributed by atoms with E-state index in [0.29, 0.717) is 11.7 Å². The van der Waals surface area contributed by atoms with Crippen molar-refractivity contribution in [1.29, 1.82) is 0 Å². The number of amides is 1. The predicted molar refractivity (Wildman–Crippen MR) is 92.6 cm³/mol. The first kappa shape index (κ1) is 16.7. The summed E-state index contributed by atoms with van der Waals surface area (Å²) in [5.74, 6) is 0.818. The molecular weight excluding hydrogens is 318 g/mol. The summed E-state index contributed by atoms with van der Waals surface area (Å²) in [5.41, 5.74) is 2.87. The molecule has 0 aliphatic rings. The van der Waals surface area contributed by atoms with Crippen molar-refractivity contribution >= 4 is 6.09 Å². The van der Waals surface area contributed by atoms with Crippen LogP contribution in [0.15, 0.2) is 59.1 Å². The summed E-state index contributed by atoms with van der Waals surface area (Å²) in [5, 5.41) is 6.63. The van der Waals surface area contributed by atoms with Gasteiger partial charge in [0, 0.05) is 5.56 Å². The molecule has 1 atom stereocenters. The van der Waals surface area contributed by atoms with Crippen LogP contribution < -0.4 is 5.32 Å². The van der Waals surface area contributed by atoms with E-state index in [2.05, 4.69) is 15.5 Å². The van der Waals surface area contributed by atoms with Crippen molar-refractivity contribution in [3.63, 3.8) is 0 Å². The minimum atomic E-state index is -0.529. The van der Waals surface area contributed by atoms with E-state index in [1.807, 2.05) is 61.5 Å². The number of alkyl carbamates (subject to hydrolysis) is 1. The molecule has 0 saturated carbocycles. The average Bonchev–Trinajstić information content (AvgIpc) is 3.11. The molecule has 1 amide bonds. The number of hydrogen-bond acceptors (Lipinski definition) is 5. The van der Waals surface area contributed by atoms with Crippen LogP contribution in [0.1, 0.15) is 29.9 Å². The van der Waals surface area contributed by atoms with Crippen molar-refractivity contribution in [1.82, 2.24) is 15.5 Å². The fourth-order valence-corrected chi connectivity index (χ4v) is 2.31. The molecule has 0 bridgehead atoms. The molecule has 0 spiro atoms. The monoisotopic (exact) mass is 337 g/mol. The standard InChI is InChI=1S/C19H19N3O3/c1-13-7-6-10-16(11-13)18-21-17(22-25-18)14(2)20-19(23)24-12-15-8-4-3-5-9-15/h3-11,14H,12H2,1-2H3,(H,20,23). The van der Waals surface area contributed by atoms with Gasteiger partial charge in [-0.05, 0) is 31.5 Å². The minimum Gasteiger partial charge on any atom is -0.445 e. The molecule has 6 heteroatoms. The SMILES string of the molecule is Cc1cccc(-c2nc(C(C)NC(=O)OCc3ccccc3)no2)c1. The molecule has 0 fully saturated rings. The lowest BCUT2D eigenvalue weighted by Gasteiger charge is -2.10. The Hall–Kier alpha value is -3.15. The van der Waals surface area contributed by atoms with E-state index in [1.54, 1.807) is 6.92 Å². The number of aryl methyl sites for hydroxylation is 1. The lowest BCUT2D eigenvalue weighted by atomic mass is 10.1. The Kier molecular flexibility index (Phi) is 5.09. The van der Waals surface area contributed by atoms with Gasteiger partial charge in [0.2, 0.25) is 0 Å². The van der Waals surface area contributed by atoms with Crippen molar-refractivity contribution in [2.45, 2.75) is 26.5 Å². The lowest BCUT2D eigenvalue weighted by molar-refractivity contribution is 0.136. The molecule has 0 radical (unpaired) electrons. The van der Waals surface area contributed by atoms with Crippen LogP contribution in [-0.2, 0) is 11.3 Å². The Morgan fingerprint density at radius 3 is 2.76 bits per heavy atom. The maximum atomic E-state index is 11.9. The van der Waals surface area contributed by atoms with Crippen LogP contribution in [0.25, 0.3) is 11.5 Å². The molecule has 1 heterocycles. The van der Waals surface area contributed by atoms with Crippen LogP contribution in [0.5, 0.6) is 0 Å². The Bertz CT molecular complexity index is 846. The summed E-state index contributed by atoms with van der Waals surface area (Å²) in [6, 6.07) is 16.8. The highest BCUT2D eigenvalue weighted by Gasteiger charge is 2.17. The van der Waals surface area contributed by atoms with Crippen molar-refractivity contribution in [3.8, 4) is 11.5 Å². The lowest BCUT2D eigenvalue weighted by Crippen LogP contribution is -2.27. The van der Waals surface area contributed by atoms with Gasteiger partial charge in [0.15, 0.2) is 5.82 Å². The third-order valence-corrected chi connectivity index (χ3v) is 3.64. The maximum absolute atomic E-state index is 11.9. The van der Waals surface area contributed by atoms with Crippen molar-refractivity contribution < 1.29 is 14.1 Å². The number of hydrogen-bond donors (Lipinski definition) is 1. The summed E-state index contributed by atoms with van der Waals surface area (Å²) in [4.78, 5) is 16.2. The van der Waals surface area contributed by atoms with Gasteiger partial charge in [-0.1, -0.05) is 53.2 Å². The zero-order valence-electron chi connectivity index (χ0n) is 14.1. The highest BCUT2D eigenvalue weighted by molar-refractivity contribution is 5.67. The van der Waals surface area contributed by atoms with Gasteiger partial charge in [0.1, 0.15) is 6.61 Å². The number of carbonyl (C=O) groups excluding carboxylic acids is 1. The van der Waals surface area contributed by atoms with Crippen LogP contribution in [0.3, 0.4) is 0 Å². The molecule has 0 saturated heterocycles. The zero-order chi connectivity index (χ0) is 17.6. The molecule has 1 unspecified atom stereocenters. The van der Waals surface area contributed by atoms with E-state index < -0.39 is 12.1 Å². The van der Waals surface area contributed by atoms with Crippen LogP contribution in [0.4, 0.5) is 4.79 Å². The van der Waals surface area contributed by atoms with Gasteiger partial charge in [-0.3, -0.25) is 0 Å². The first-order valence-electron chi connectivity index (χ1n) is 7.99. The van der Waals surface area contributed by atoms with Gasteiger partial charge in [-0.2, -0.15) is 4.98 Å². The highest BCUT2D eigenvalue weighted by Crippen LogP contribution is 2.20. The number of rotatable bonds is 5. The zero-order valence-corrected chi connectivity index (χ0v) is 14.1. The largest absolute Gasteiger partial charge is 0.445 e. The van der Waals surface area contributed by atoms with E-state index in [4.69, 9.17) is 9.26 Å². The Labute approximate surface area is 145 Å². The smallest absolute Gasteiger partial charge is 0.408 e. The van der Waals surface area contributed by atoms with E-state index >= 15 is 0 Å². The summed E-state index contributed by atoms with van der Waals surface area (Å²) in [6.45, 7) is 3.97. The quantitative estimate of drug-likeness (QED) is 0.760. The molecule has 1 N–H and O–H groups in total. The Morgan fingerprint density at radius 2 is 2.00 bits per heavy atom. The Morgan fingerprint density at radius 1 is 1.20 bits per heavy atom. The second-order valence-electron chi connectivity index (χ2n) is 5.75. The molecule has 3 rings (SSSR count). The molecule has 1 aromatic heterocycles. The van der Waals surface area contributed by atoms with Crippen LogP contribution >= 0.6 is 0 Å². The van der Waals surface area contributed by atoms with Crippen LogP contribution in [0.2, 0.25) is 0 Å². The van der Waals surface area contributed by atoms with Crippen molar-refractivity contribution in [3.05, 3.63) is 71.5 Å². The van der Waals surface area contributed by atoms with Gasteiger partial charge in [0.25, 0.3) is 5.89 Å². The van der Waals surface area contributed by atoms with Gasteiger partial charge < -0.3 is 14.6 Å². The average molecular weight is 337 g/mol. The van der Waals surface area contributed by atoms with Gasteiger partial charge in [-0.25, -0.2) is 4.79 Å². The maximum Gasteiger partial charge on any atom is 0.408 e. The predicted octanol–water partition coefficient (Wildman–Crippen LogP) is 4.03. The van der Waals surface area contributed by atoms with Crippen molar-refractivity contribution in [2.75, 3.05) is 0 Å². The van der Waals surface area contributed by atoms with Crippen LogP contribution in [0, 0.1) is 6.92 Å². The van der Waals surface area contributed by atoms with E-state index in [0.717, 1.165) is 16.7 Å². The van der Waals surface area contributed by atoms with Gasteiger partial charge in [-0.15, -0.1) is 0 Å². The molecule has 128 valence electrons. The molecular formula is C19H19N3O3. The summed E-state index contributed by atoms with van der Waals surface area (Å²) >= 11 is 0. The van der Waals surface area contributed by atoms with Gasteiger partial charge >= 0.3 is 6.09 Å².